The Morgan fingerprint density at radius 3 is 2.77 bits per heavy atom. The number of likely N-dealkylation sites (tertiary alicyclic amines) is 1. The van der Waals surface area contributed by atoms with E-state index in [1.54, 1.807) is 23.2 Å². The molecule has 1 aliphatic heterocycles. The lowest BCUT2D eigenvalue weighted by molar-refractivity contribution is 0.257. The molecule has 4 heterocycles. The lowest BCUT2D eigenvalue weighted by atomic mass is 10.1. The molecular weight excluding hydrogens is 384 g/mol. The molecule has 0 saturated carbocycles. The van der Waals surface area contributed by atoms with Gasteiger partial charge >= 0.3 is 0 Å². The molecule has 3 aromatic heterocycles. The summed E-state index contributed by atoms with van der Waals surface area (Å²) in [5, 5.41) is 21.5. The van der Waals surface area contributed by atoms with Gasteiger partial charge in [0.2, 0.25) is 0 Å². The second-order valence-electron chi connectivity index (χ2n) is 7.27. The van der Waals surface area contributed by atoms with Gasteiger partial charge < -0.3 is 14.9 Å². The Morgan fingerprint density at radius 1 is 1.30 bits per heavy atom. The van der Waals surface area contributed by atoms with E-state index in [-0.39, 0.29) is 17.8 Å². The first kappa shape index (κ1) is 19.9. The molecule has 11 nitrogen and oxygen atoms in total. The number of aryl methyl sites for hydroxylation is 1. The smallest absolute Gasteiger partial charge is 0.252 e. The molecule has 0 atom stereocenters. The molecule has 0 amide bonds. The van der Waals surface area contributed by atoms with Crippen molar-refractivity contribution in [2.75, 3.05) is 25.6 Å². The Hall–Kier alpha value is -3.44. The Bertz CT molecular complexity index is 1100. The van der Waals surface area contributed by atoms with Crippen LogP contribution in [0.25, 0.3) is 16.7 Å². The monoisotopic (exact) mass is 408 g/mol. The molecule has 3 N–H and O–H groups in total. The minimum Gasteiger partial charge on any atom is -0.309 e. The van der Waals surface area contributed by atoms with Crippen LogP contribution in [0.15, 0.2) is 34.6 Å². The maximum Gasteiger partial charge on any atom is 0.252 e. The van der Waals surface area contributed by atoms with Crippen molar-refractivity contribution in [3.05, 3.63) is 24.7 Å². The summed E-state index contributed by atoms with van der Waals surface area (Å²) in [6.07, 6.45) is 10.1. The van der Waals surface area contributed by atoms with Crippen molar-refractivity contribution in [2.24, 2.45) is 17.0 Å². The van der Waals surface area contributed by atoms with Gasteiger partial charge in [-0.15, -0.1) is 0 Å². The van der Waals surface area contributed by atoms with Crippen molar-refractivity contribution >= 4 is 40.9 Å². The predicted molar refractivity (Wildman–Crippen MR) is 116 cm³/mol. The first-order chi connectivity index (χ1) is 14.6. The van der Waals surface area contributed by atoms with E-state index < -0.39 is 0 Å². The molecule has 0 bridgehead atoms. The summed E-state index contributed by atoms with van der Waals surface area (Å²) >= 11 is 0. The summed E-state index contributed by atoms with van der Waals surface area (Å²) in [5.74, 6) is 0.348. The number of aromatic nitrogens is 5. The normalized spacial score (nSPS) is 16.6. The van der Waals surface area contributed by atoms with Crippen molar-refractivity contribution in [3.8, 4) is 5.69 Å². The Labute approximate surface area is 173 Å². The van der Waals surface area contributed by atoms with Crippen LogP contribution in [0.2, 0.25) is 0 Å². The first-order valence-electron chi connectivity index (χ1n) is 9.66. The third-order valence-electron chi connectivity index (χ3n) is 5.08. The number of piperidine rings is 1. The van der Waals surface area contributed by atoms with Crippen LogP contribution in [-0.4, -0.2) is 78.7 Å². The van der Waals surface area contributed by atoms with Crippen LogP contribution >= 0.6 is 0 Å². The number of hydrogen-bond donors (Lipinski definition) is 3. The van der Waals surface area contributed by atoms with E-state index in [4.69, 9.17) is 5.41 Å². The Kier molecular flexibility index (Phi) is 5.63. The fraction of sp³-hybridized carbons (Fsp3) is 0.368. The highest BCUT2D eigenvalue weighted by atomic mass is 16.5. The average Bonchev–Trinajstić information content (AvgIpc) is 3.37. The average molecular weight is 408 g/mol. The number of nitrogens with zero attached hydrogens (tertiary/aromatic N) is 8. The second kappa shape index (κ2) is 8.51. The molecule has 0 aliphatic carbocycles. The molecule has 0 spiro atoms. The van der Waals surface area contributed by atoms with E-state index in [1.165, 1.54) is 0 Å². The van der Waals surface area contributed by atoms with Gasteiger partial charge in [0.25, 0.3) is 5.95 Å². The molecule has 1 fully saturated rings. The molecule has 0 aromatic carbocycles. The minimum atomic E-state index is 0.135. The summed E-state index contributed by atoms with van der Waals surface area (Å²) < 4.78 is 3.51. The summed E-state index contributed by atoms with van der Waals surface area (Å²) in [6.45, 7) is 2.02. The van der Waals surface area contributed by atoms with E-state index in [0.29, 0.717) is 16.7 Å². The van der Waals surface area contributed by atoms with E-state index >= 15 is 0 Å². The van der Waals surface area contributed by atoms with Crippen molar-refractivity contribution in [3.63, 3.8) is 0 Å². The molecule has 30 heavy (non-hydrogen) atoms. The van der Waals surface area contributed by atoms with Gasteiger partial charge in [0.15, 0.2) is 5.82 Å². The minimum absolute atomic E-state index is 0.135. The van der Waals surface area contributed by atoms with Crippen LogP contribution in [-0.2, 0) is 7.05 Å². The largest absolute Gasteiger partial charge is 0.309 e. The molecule has 156 valence electrons. The fourth-order valence-electron chi connectivity index (χ4n) is 3.45. The molecule has 0 radical (unpaired) electrons. The topological polar surface area (TPSA) is 133 Å². The number of aliphatic imine (C=N–C) groups is 2. The zero-order valence-corrected chi connectivity index (χ0v) is 16.9. The van der Waals surface area contributed by atoms with Crippen molar-refractivity contribution < 1.29 is 5.21 Å². The number of fused-ring (bicyclic) bond motifs is 1. The van der Waals surface area contributed by atoms with Crippen LogP contribution in [0.1, 0.15) is 12.8 Å². The van der Waals surface area contributed by atoms with Gasteiger partial charge in [0, 0.05) is 31.9 Å². The zero-order valence-electron chi connectivity index (χ0n) is 16.9. The molecule has 1 aliphatic rings. The van der Waals surface area contributed by atoms with Gasteiger partial charge in [0.05, 0.1) is 23.4 Å². The van der Waals surface area contributed by atoms with Gasteiger partial charge in [-0.05, 0) is 39.0 Å². The van der Waals surface area contributed by atoms with Gasteiger partial charge in [-0.2, -0.15) is 10.1 Å². The lowest BCUT2D eigenvalue weighted by Gasteiger charge is -2.26. The van der Waals surface area contributed by atoms with Crippen molar-refractivity contribution in [2.45, 2.75) is 18.9 Å². The highest BCUT2D eigenvalue weighted by Crippen LogP contribution is 2.26. The summed E-state index contributed by atoms with van der Waals surface area (Å²) in [6, 6.07) is 2.04. The van der Waals surface area contributed by atoms with E-state index in [2.05, 4.69) is 42.5 Å². The zero-order chi connectivity index (χ0) is 21.1. The van der Waals surface area contributed by atoms with Gasteiger partial charge in [0.1, 0.15) is 11.2 Å². The Balaban J connectivity index is 1.64. The number of nitrogens with one attached hydrogen (secondary N) is 2. The molecular formula is C19H24N10O. The number of anilines is 1. The van der Waals surface area contributed by atoms with Gasteiger partial charge in [-0.25, -0.2) is 9.98 Å². The first-order valence-corrected chi connectivity index (χ1v) is 9.66. The maximum atomic E-state index is 9.64. The van der Waals surface area contributed by atoms with E-state index in [9.17, 15) is 5.21 Å². The SMILES string of the molecule is CN1CCC(N=CC(C=N)=Nc2nc(NO)c3c(ccn3-c3cnn(C)c3)n2)CC1. The van der Waals surface area contributed by atoms with Crippen LogP contribution in [0.3, 0.4) is 0 Å². The van der Waals surface area contributed by atoms with Crippen LogP contribution in [0.5, 0.6) is 0 Å². The highest BCUT2D eigenvalue weighted by molar-refractivity contribution is 6.55. The third kappa shape index (κ3) is 4.11. The highest BCUT2D eigenvalue weighted by Gasteiger charge is 2.16. The standard InChI is InChI=1S/C19H24N10O/c1-27-6-3-13(4-7-27)21-10-14(9-20)23-19-24-16-5-8-29(15-11-22-28(2)12-15)17(16)18(25-19)26-30/h5,8-13,20,30H,3-4,6-7H2,1-2H3,(H,24,25,26). The summed E-state index contributed by atoms with van der Waals surface area (Å²) in [7, 11) is 3.93. The van der Waals surface area contributed by atoms with E-state index in [1.807, 2.05) is 24.0 Å². The van der Waals surface area contributed by atoms with Crippen molar-refractivity contribution in [1.82, 2.24) is 29.2 Å². The molecule has 4 rings (SSSR count). The summed E-state index contributed by atoms with van der Waals surface area (Å²) in [5.41, 5.74) is 4.49. The molecule has 11 heteroatoms. The second-order valence-corrected chi connectivity index (χ2v) is 7.27. The lowest BCUT2D eigenvalue weighted by Crippen LogP contribution is -2.32. The predicted octanol–water partition coefficient (Wildman–Crippen LogP) is 1.84. The number of hydrogen-bond acceptors (Lipinski definition) is 9. The Morgan fingerprint density at radius 2 is 2.10 bits per heavy atom. The number of rotatable bonds is 6. The van der Waals surface area contributed by atoms with Gasteiger partial charge in [-0.1, -0.05) is 0 Å². The van der Waals surface area contributed by atoms with Crippen LogP contribution < -0.4 is 5.48 Å². The van der Waals surface area contributed by atoms with E-state index in [0.717, 1.165) is 37.8 Å². The molecule has 3 aromatic rings. The van der Waals surface area contributed by atoms with Crippen LogP contribution in [0, 0.1) is 5.41 Å². The van der Waals surface area contributed by atoms with Crippen molar-refractivity contribution in [1.29, 1.82) is 5.41 Å². The summed E-state index contributed by atoms with van der Waals surface area (Å²) in [4.78, 5) is 19.9. The maximum absolute atomic E-state index is 9.64. The van der Waals surface area contributed by atoms with Gasteiger partial charge in [-0.3, -0.25) is 20.4 Å². The van der Waals surface area contributed by atoms with Crippen LogP contribution in [0.4, 0.5) is 11.8 Å². The quantitative estimate of drug-likeness (QED) is 0.421. The third-order valence-corrected chi connectivity index (χ3v) is 5.08. The molecule has 0 unspecified atom stereocenters. The molecule has 1 saturated heterocycles. The fourth-order valence-corrected chi connectivity index (χ4v) is 3.45.